The standard InChI is InChI=1S/C23H22FN3O5S/c1-15-3-12-20(32-2)21(13-15)33(30,31)27(19-10-6-17(24)7-11-19)14-22(28)26-18-8-4-16(5-9-18)23(25)29/h3-13H,14H2,1-2H3,(H2,25,29)(H,26,28). The number of ether oxygens (including phenoxy) is 1. The van der Waals surface area contributed by atoms with Crippen molar-refractivity contribution in [1.82, 2.24) is 0 Å². The predicted octanol–water partition coefficient (Wildman–Crippen LogP) is 3.08. The largest absolute Gasteiger partial charge is 0.495 e. The van der Waals surface area contributed by atoms with Gasteiger partial charge in [0.25, 0.3) is 10.0 Å². The third-order valence-electron chi connectivity index (χ3n) is 4.74. The van der Waals surface area contributed by atoms with E-state index in [1.807, 2.05) is 0 Å². The molecule has 0 radical (unpaired) electrons. The van der Waals surface area contributed by atoms with Crippen molar-refractivity contribution in [1.29, 1.82) is 0 Å². The van der Waals surface area contributed by atoms with Gasteiger partial charge in [0.2, 0.25) is 11.8 Å². The molecule has 2 amide bonds. The van der Waals surface area contributed by atoms with Gasteiger partial charge in [0.05, 0.1) is 12.8 Å². The van der Waals surface area contributed by atoms with Crippen LogP contribution >= 0.6 is 0 Å². The van der Waals surface area contributed by atoms with E-state index in [0.717, 1.165) is 16.4 Å². The molecule has 0 aliphatic carbocycles. The number of carbonyl (C=O) groups excluding carboxylic acids is 2. The second-order valence-electron chi connectivity index (χ2n) is 7.13. The number of halogens is 1. The van der Waals surface area contributed by atoms with E-state index in [1.165, 1.54) is 55.6 Å². The number of primary amides is 1. The Labute approximate surface area is 190 Å². The fourth-order valence-electron chi connectivity index (χ4n) is 3.08. The Bertz CT molecular complexity index is 1280. The van der Waals surface area contributed by atoms with Gasteiger partial charge in [-0.15, -0.1) is 0 Å². The van der Waals surface area contributed by atoms with Gasteiger partial charge in [-0.25, -0.2) is 12.8 Å². The first kappa shape index (κ1) is 23.7. The number of benzene rings is 3. The normalized spacial score (nSPS) is 11.0. The van der Waals surface area contributed by atoms with E-state index in [-0.39, 0.29) is 21.9 Å². The van der Waals surface area contributed by atoms with Crippen LogP contribution in [-0.4, -0.2) is 33.9 Å². The van der Waals surface area contributed by atoms with Crippen LogP contribution < -0.4 is 20.1 Å². The summed E-state index contributed by atoms with van der Waals surface area (Å²) < 4.78 is 46.7. The monoisotopic (exact) mass is 471 g/mol. The van der Waals surface area contributed by atoms with Gasteiger partial charge in [-0.1, -0.05) is 6.07 Å². The van der Waals surface area contributed by atoms with Crippen LogP contribution in [0.2, 0.25) is 0 Å². The minimum absolute atomic E-state index is 0.0965. The smallest absolute Gasteiger partial charge is 0.268 e. The zero-order chi connectivity index (χ0) is 24.2. The Morgan fingerprint density at radius 3 is 2.24 bits per heavy atom. The highest BCUT2D eigenvalue weighted by atomic mass is 32.2. The summed E-state index contributed by atoms with van der Waals surface area (Å²) in [6.45, 7) is 1.13. The molecule has 0 unspecified atom stereocenters. The second kappa shape index (κ2) is 9.70. The summed E-state index contributed by atoms with van der Waals surface area (Å²) in [5.41, 5.74) is 6.58. The lowest BCUT2D eigenvalue weighted by Crippen LogP contribution is -2.38. The van der Waals surface area contributed by atoms with E-state index in [1.54, 1.807) is 13.0 Å². The molecule has 33 heavy (non-hydrogen) atoms. The summed E-state index contributed by atoms with van der Waals surface area (Å²) in [6, 6.07) is 15.2. The zero-order valence-electron chi connectivity index (χ0n) is 17.9. The molecule has 3 N–H and O–H groups in total. The number of sulfonamides is 1. The topological polar surface area (TPSA) is 119 Å². The zero-order valence-corrected chi connectivity index (χ0v) is 18.7. The van der Waals surface area contributed by atoms with Crippen LogP contribution in [0.3, 0.4) is 0 Å². The van der Waals surface area contributed by atoms with Gasteiger partial charge in [-0.05, 0) is 73.2 Å². The van der Waals surface area contributed by atoms with Crippen LogP contribution in [0.4, 0.5) is 15.8 Å². The molecule has 0 aliphatic rings. The lowest BCUT2D eigenvalue weighted by atomic mass is 10.2. The highest BCUT2D eigenvalue weighted by molar-refractivity contribution is 7.93. The van der Waals surface area contributed by atoms with Crippen LogP contribution in [0, 0.1) is 12.7 Å². The molecule has 0 saturated carbocycles. The quantitative estimate of drug-likeness (QED) is 0.523. The number of nitrogens with two attached hydrogens (primary N) is 1. The molecule has 0 aromatic heterocycles. The lowest BCUT2D eigenvalue weighted by Gasteiger charge is -2.25. The summed E-state index contributed by atoms with van der Waals surface area (Å²) in [7, 11) is -2.93. The van der Waals surface area contributed by atoms with Crippen LogP contribution in [0.25, 0.3) is 0 Å². The van der Waals surface area contributed by atoms with E-state index in [4.69, 9.17) is 10.5 Å². The van der Waals surface area contributed by atoms with Crippen LogP contribution in [0.1, 0.15) is 15.9 Å². The fourth-order valence-corrected chi connectivity index (χ4v) is 4.74. The molecule has 0 atom stereocenters. The number of amides is 2. The predicted molar refractivity (Wildman–Crippen MR) is 122 cm³/mol. The minimum Gasteiger partial charge on any atom is -0.495 e. The van der Waals surface area contributed by atoms with Crippen LogP contribution in [-0.2, 0) is 14.8 Å². The number of rotatable bonds is 8. The summed E-state index contributed by atoms with van der Waals surface area (Å²) in [5.74, 6) is -1.71. The average Bonchev–Trinajstić information content (AvgIpc) is 2.78. The molecular formula is C23H22FN3O5S. The van der Waals surface area contributed by atoms with E-state index in [9.17, 15) is 22.4 Å². The molecule has 0 heterocycles. The van der Waals surface area contributed by atoms with E-state index >= 15 is 0 Å². The van der Waals surface area contributed by atoms with Crippen molar-refractivity contribution in [3.8, 4) is 5.75 Å². The summed E-state index contributed by atoms with van der Waals surface area (Å²) in [4.78, 5) is 23.8. The van der Waals surface area contributed by atoms with Gasteiger partial charge in [-0.2, -0.15) is 0 Å². The number of hydrogen-bond acceptors (Lipinski definition) is 5. The molecule has 0 aliphatic heterocycles. The van der Waals surface area contributed by atoms with Crippen LogP contribution in [0.15, 0.2) is 71.6 Å². The van der Waals surface area contributed by atoms with Crippen molar-refractivity contribution in [3.63, 3.8) is 0 Å². The maximum absolute atomic E-state index is 13.6. The van der Waals surface area contributed by atoms with E-state index in [0.29, 0.717) is 11.3 Å². The Morgan fingerprint density at radius 2 is 1.67 bits per heavy atom. The molecule has 3 aromatic carbocycles. The van der Waals surface area contributed by atoms with Gasteiger partial charge in [0.1, 0.15) is 23.0 Å². The Balaban J connectivity index is 1.96. The highest BCUT2D eigenvalue weighted by Gasteiger charge is 2.30. The summed E-state index contributed by atoms with van der Waals surface area (Å²) in [5, 5.41) is 2.58. The molecule has 8 nitrogen and oxygen atoms in total. The molecule has 10 heteroatoms. The average molecular weight is 472 g/mol. The molecule has 3 rings (SSSR count). The molecule has 0 bridgehead atoms. The molecule has 0 fully saturated rings. The highest BCUT2D eigenvalue weighted by Crippen LogP contribution is 2.31. The number of hydrogen-bond donors (Lipinski definition) is 2. The third kappa shape index (κ3) is 5.47. The minimum atomic E-state index is -4.27. The number of methoxy groups -OCH3 is 1. The number of carbonyl (C=O) groups is 2. The first-order chi connectivity index (χ1) is 15.6. The van der Waals surface area contributed by atoms with Gasteiger partial charge in [0, 0.05) is 11.3 Å². The first-order valence-corrected chi connectivity index (χ1v) is 11.2. The number of nitrogens with zero attached hydrogens (tertiary/aromatic N) is 1. The van der Waals surface area contributed by atoms with Crippen LogP contribution in [0.5, 0.6) is 5.75 Å². The van der Waals surface area contributed by atoms with Gasteiger partial charge < -0.3 is 15.8 Å². The van der Waals surface area contributed by atoms with Crippen molar-refractivity contribution in [3.05, 3.63) is 83.7 Å². The first-order valence-electron chi connectivity index (χ1n) is 9.74. The van der Waals surface area contributed by atoms with Crippen molar-refractivity contribution < 1.29 is 27.1 Å². The van der Waals surface area contributed by atoms with Crippen molar-refractivity contribution in [2.45, 2.75) is 11.8 Å². The van der Waals surface area contributed by atoms with Gasteiger partial charge in [-0.3, -0.25) is 13.9 Å². The van der Waals surface area contributed by atoms with E-state index in [2.05, 4.69) is 5.32 Å². The lowest BCUT2D eigenvalue weighted by molar-refractivity contribution is -0.114. The SMILES string of the molecule is COc1ccc(C)cc1S(=O)(=O)N(CC(=O)Nc1ccc(C(N)=O)cc1)c1ccc(F)cc1. The molecule has 3 aromatic rings. The van der Waals surface area contributed by atoms with Crippen molar-refractivity contribution in [2.75, 3.05) is 23.3 Å². The fraction of sp³-hybridized carbons (Fsp3) is 0.130. The molecule has 0 saturated heterocycles. The summed E-state index contributed by atoms with van der Waals surface area (Å²) in [6.07, 6.45) is 0. The Hall–Kier alpha value is -3.92. The van der Waals surface area contributed by atoms with Gasteiger partial charge >= 0.3 is 0 Å². The Kier molecular flexibility index (Phi) is 6.98. The van der Waals surface area contributed by atoms with E-state index < -0.39 is 34.2 Å². The molecule has 172 valence electrons. The number of aryl methyl sites for hydroxylation is 1. The maximum Gasteiger partial charge on any atom is 0.268 e. The van der Waals surface area contributed by atoms with Crippen molar-refractivity contribution >= 4 is 33.2 Å². The molecular weight excluding hydrogens is 449 g/mol. The molecule has 0 spiro atoms. The maximum atomic E-state index is 13.6. The Morgan fingerprint density at radius 1 is 1.03 bits per heavy atom. The van der Waals surface area contributed by atoms with Crippen molar-refractivity contribution in [2.24, 2.45) is 5.73 Å². The summed E-state index contributed by atoms with van der Waals surface area (Å²) >= 11 is 0. The second-order valence-corrected chi connectivity index (χ2v) is 8.96. The van der Waals surface area contributed by atoms with Gasteiger partial charge in [0.15, 0.2) is 0 Å². The number of anilines is 2. The third-order valence-corrected chi connectivity index (χ3v) is 6.54. The number of nitrogens with one attached hydrogen (secondary N) is 1.